The lowest BCUT2D eigenvalue weighted by atomic mass is 9.75. The highest BCUT2D eigenvalue weighted by atomic mass is 16.5. The Bertz CT molecular complexity index is 179. The summed E-state index contributed by atoms with van der Waals surface area (Å²) >= 11 is 0. The predicted molar refractivity (Wildman–Crippen MR) is 69.7 cm³/mol. The van der Waals surface area contributed by atoms with Gasteiger partial charge in [0.15, 0.2) is 0 Å². The van der Waals surface area contributed by atoms with Crippen molar-refractivity contribution in [3.63, 3.8) is 0 Å². The van der Waals surface area contributed by atoms with Gasteiger partial charge >= 0.3 is 0 Å². The van der Waals surface area contributed by atoms with E-state index in [1.54, 1.807) is 0 Å². The second kappa shape index (κ2) is 6.61. The fourth-order valence-corrected chi connectivity index (χ4v) is 2.26. The van der Waals surface area contributed by atoms with Gasteiger partial charge < -0.3 is 10.1 Å². The zero-order valence-corrected chi connectivity index (χ0v) is 11.5. The van der Waals surface area contributed by atoms with Gasteiger partial charge in [-0.3, -0.25) is 0 Å². The molecule has 2 heteroatoms. The van der Waals surface area contributed by atoms with Gasteiger partial charge in [-0.2, -0.15) is 0 Å². The van der Waals surface area contributed by atoms with Crippen molar-refractivity contribution >= 4 is 0 Å². The van der Waals surface area contributed by atoms with Crippen LogP contribution in [0, 0.1) is 11.3 Å². The van der Waals surface area contributed by atoms with Crippen molar-refractivity contribution in [3.05, 3.63) is 0 Å². The largest absolute Gasteiger partial charge is 0.380 e. The molecule has 0 spiro atoms. The van der Waals surface area contributed by atoms with Crippen LogP contribution in [0.5, 0.6) is 0 Å². The molecule has 1 rings (SSSR count). The average Bonchev–Trinajstić information content (AvgIpc) is 2.19. The Morgan fingerprint density at radius 1 is 1.25 bits per heavy atom. The Morgan fingerprint density at radius 2 is 1.88 bits per heavy atom. The average molecular weight is 227 g/mol. The summed E-state index contributed by atoms with van der Waals surface area (Å²) in [6, 6.07) is 0.732. The van der Waals surface area contributed by atoms with Crippen LogP contribution in [0.4, 0.5) is 0 Å². The maximum absolute atomic E-state index is 5.56. The number of hydrogen-bond donors (Lipinski definition) is 1. The summed E-state index contributed by atoms with van der Waals surface area (Å²) < 4.78 is 5.56. The lowest BCUT2D eigenvalue weighted by Gasteiger charge is -2.34. The van der Waals surface area contributed by atoms with Crippen molar-refractivity contribution in [1.29, 1.82) is 0 Å². The summed E-state index contributed by atoms with van der Waals surface area (Å²) in [5, 5.41) is 3.61. The van der Waals surface area contributed by atoms with Crippen molar-refractivity contribution in [2.45, 2.75) is 59.4 Å². The van der Waals surface area contributed by atoms with E-state index >= 15 is 0 Å². The third-order valence-electron chi connectivity index (χ3n) is 3.47. The van der Waals surface area contributed by atoms with Gasteiger partial charge in [0, 0.05) is 19.2 Å². The van der Waals surface area contributed by atoms with E-state index in [1.165, 1.54) is 25.7 Å². The minimum atomic E-state index is 0.576. The van der Waals surface area contributed by atoms with Gasteiger partial charge in [0.05, 0.1) is 6.61 Å². The smallest absolute Gasteiger partial charge is 0.0591 e. The van der Waals surface area contributed by atoms with Gasteiger partial charge in [0.25, 0.3) is 0 Å². The molecule has 1 aliphatic rings. The normalized spacial score (nSPS) is 21.6. The second-order valence-corrected chi connectivity index (χ2v) is 6.36. The minimum absolute atomic E-state index is 0.576. The molecule has 2 nitrogen and oxygen atoms in total. The van der Waals surface area contributed by atoms with Crippen LogP contribution in [0.25, 0.3) is 0 Å². The highest BCUT2D eigenvalue weighted by Gasteiger charge is 2.26. The van der Waals surface area contributed by atoms with Gasteiger partial charge in [0.2, 0.25) is 0 Å². The molecule has 1 N–H and O–H groups in total. The SMILES string of the molecule is CC(C)COCCNC1CCC(C)(C)CC1. The Kier molecular flexibility index (Phi) is 5.77. The van der Waals surface area contributed by atoms with E-state index in [2.05, 4.69) is 33.0 Å². The van der Waals surface area contributed by atoms with Crippen LogP contribution in [0.15, 0.2) is 0 Å². The predicted octanol–water partition coefficient (Wildman–Crippen LogP) is 3.22. The molecule has 0 aromatic rings. The van der Waals surface area contributed by atoms with Gasteiger partial charge in [-0.15, -0.1) is 0 Å². The standard InChI is InChI=1S/C14H29NO/c1-12(2)11-16-10-9-15-13-5-7-14(3,4)8-6-13/h12-13,15H,5-11H2,1-4H3. The van der Waals surface area contributed by atoms with Crippen LogP contribution in [0.3, 0.4) is 0 Å². The second-order valence-electron chi connectivity index (χ2n) is 6.36. The fourth-order valence-electron chi connectivity index (χ4n) is 2.26. The monoisotopic (exact) mass is 227 g/mol. The van der Waals surface area contributed by atoms with Gasteiger partial charge in [-0.05, 0) is 37.0 Å². The first-order valence-corrected chi connectivity index (χ1v) is 6.81. The molecule has 0 aromatic carbocycles. The molecular formula is C14H29NO. The van der Waals surface area contributed by atoms with E-state index < -0.39 is 0 Å². The zero-order chi connectivity index (χ0) is 12.0. The molecule has 1 fully saturated rings. The molecule has 16 heavy (non-hydrogen) atoms. The van der Waals surface area contributed by atoms with Crippen molar-refractivity contribution in [2.24, 2.45) is 11.3 Å². The maximum Gasteiger partial charge on any atom is 0.0591 e. The lowest BCUT2D eigenvalue weighted by Crippen LogP contribution is -2.37. The number of hydrogen-bond acceptors (Lipinski definition) is 2. The molecule has 0 atom stereocenters. The first-order chi connectivity index (χ1) is 7.49. The van der Waals surface area contributed by atoms with Crippen molar-refractivity contribution in [1.82, 2.24) is 5.32 Å². The lowest BCUT2D eigenvalue weighted by molar-refractivity contribution is 0.106. The summed E-state index contributed by atoms with van der Waals surface area (Å²) in [6.45, 7) is 11.9. The van der Waals surface area contributed by atoms with Crippen LogP contribution in [-0.4, -0.2) is 25.8 Å². The zero-order valence-electron chi connectivity index (χ0n) is 11.5. The van der Waals surface area contributed by atoms with Crippen LogP contribution in [0.1, 0.15) is 53.4 Å². The molecule has 0 unspecified atom stereocenters. The van der Waals surface area contributed by atoms with Crippen molar-refractivity contribution < 1.29 is 4.74 Å². The Hall–Kier alpha value is -0.0800. The Balaban J connectivity index is 1.98. The first kappa shape index (κ1) is 14.0. The summed E-state index contributed by atoms with van der Waals surface area (Å²) in [4.78, 5) is 0. The maximum atomic E-state index is 5.56. The van der Waals surface area contributed by atoms with Gasteiger partial charge in [0.1, 0.15) is 0 Å². The summed E-state index contributed by atoms with van der Waals surface area (Å²) in [7, 11) is 0. The molecule has 0 heterocycles. The van der Waals surface area contributed by atoms with E-state index in [4.69, 9.17) is 4.74 Å². The van der Waals surface area contributed by atoms with E-state index in [0.717, 1.165) is 25.8 Å². The third kappa shape index (κ3) is 5.86. The van der Waals surface area contributed by atoms with Crippen molar-refractivity contribution in [3.8, 4) is 0 Å². The minimum Gasteiger partial charge on any atom is -0.380 e. The molecule has 96 valence electrons. The molecule has 0 aromatic heterocycles. The quantitative estimate of drug-likeness (QED) is 0.704. The van der Waals surface area contributed by atoms with Crippen LogP contribution in [-0.2, 0) is 4.74 Å². The summed E-state index contributed by atoms with van der Waals surface area (Å²) in [5.41, 5.74) is 0.576. The highest BCUT2D eigenvalue weighted by molar-refractivity contribution is 4.81. The molecule has 0 aliphatic heterocycles. The fraction of sp³-hybridized carbons (Fsp3) is 1.00. The van der Waals surface area contributed by atoms with Crippen molar-refractivity contribution in [2.75, 3.05) is 19.8 Å². The number of rotatable bonds is 6. The molecule has 0 amide bonds. The molecule has 0 radical (unpaired) electrons. The first-order valence-electron chi connectivity index (χ1n) is 6.81. The van der Waals surface area contributed by atoms with Gasteiger partial charge in [-0.1, -0.05) is 27.7 Å². The summed E-state index contributed by atoms with van der Waals surface area (Å²) in [6.07, 6.45) is 5.38. The van der Waals surface area contributed by atoms with E-state index in [9.17, 15) is 0 Å². The number of nitrogens with one attached hydrogen (secondary N) is 1. The molecule has 0 saturated heterocycles. The summed E-state index contributed by atoms with van der Waals surface area (Å²) in [5.74, 6) is 0.649. The topological polar surface area (TPSA) is 21.3 Å². The molecule has 0 bridgehead atoms. The van der Waals surface area contributed by atoms with Gasteiger partial charge in [-0.25, -0.2) is 0 Å². The van der Waals surface area contributed by atoms with E-state index in [1.807, 2.05) is 0 Å². The number of ether oxygens (including phenoxy) is 1. The third-order valence-corrected chi connectivity index (χ3v) is 3.47. The van der Waals surface area contributed by atoms with Crippen LogP contribution < -0.4 is 5.32 Å². The highest BCUT2D eigenvalue weighted by Crippen LogP contribution is 2.34. The Morgan fingerprint density at radius 3 is 2.44 bits per heavy atom. The molecular weight excluding hydrogens is 198 g/mol. The van der Waals surface area contributed by atoms with E-state index in [-0.39, 0.29) is 0 Å². The molecule has 1 saturated carbocycles. The van der Waals surface area contributed by atoms with Crippen LogP contribution in [0.2, 0.25) is 0 Å². The van der Waals surface area contributed by atoms with E-state index in [0.29, 0.717) is 11.3 Å². The molecule has 1 aliphatic carbocycles. The van der Waals surface area contributed by atoms with Crippen LogP contribution >= 0.6 is 0 Å². The Labute approximate surface area is 101 Å².